The number of esters is 2. The van der Waals surface area contributed by atoms with E-state index in [2.05, 4.69) is 6.92 Å². The summed E-state index contributed by atoms with van der Waals surface area (Å²) in [7, 11) is 2.72. The van der Waals surface area contributed by atoms with Gasteiger partial charge in [0.25, 0.3) is 0 Å². The molecule has 0 atom stereocenters. The van der Waals surface area contributed by atoms with Crippen molar-refractivity contribution in [3.05, 3.63) is 53.4 Å². The molecule has 1 aromatic rings. The van der Waals surface area contributed by atoms with Gasteiger partial charge in [-0.3, -0.25) is 0 Å². The molecule has 1 aromatic carbocycles. The van der Waals surface area contributed by atoms with Crippen LogP contribution in [0.15, 0.2) is 47.8 Å². The Labute approximate surface area is 226 Å². The number of methoxy groups -OCH3 is 2. The molecule has 0 saturated heterocycles. The summed E-state index contributed by atoms with van der Waals surface area (Å²) in [5.41, 5.74) is 1.49. The van der Waals surface area contributed by atoms with E-state index in [1.807, 2.05) is 29.2 Å². The van der Waals surface area contributed by atoms with Gasteiger partial charge in [0.1, 0.15) is 5.75 Å². The van der Waals surface area contributed by atoms with Gasteiger partial charge in [-0.2, -0.15) is 0 Å². The van der Waals surface area contributed by atoms with Gasteiger partial charge in [-0.1, -0.05) is 31.5 Å². The van der Waals surface area contributed by atoms with E-state index in [1.54, 1.807) is 12.4 Å². The lowest BCUT2D eigenvalue weighted by Gasteiger charge is -2.56. The minimum absolute atomic E-state index is 0.00558. The Morgan fingerprint density at radius 3 is 2.03 bits per heavy atom. The predicted octanol–water partition coefficient (Wildman–Crippen LogP) is 5.36. The molecule has 0 amide bonds. The van der Waals surface area contributed by atoms with Gasteiger partial charge in [-0.05, 0) is 68.8 Å². The molecule has 0 aromatic heterocycles. The van der Waals surface area contributed by atoms with E-state index in [-0.39, 0.29) is 5.60 Å². The van der Waals surface area contributed by atoms with Crippen LogP contribution in [0.25, 0.3) is 0 Å². The lowest BCUT2D eigenvalue weighted by atomic mass is 9.54. The Bertz CT molecular complexity index is 1020. The first-order chi connectivity index (χ1) is 18.4. The maximum absolute atomic E-state index is 13.1. The van der Waals surface area contributed by atoms with Gasteiger partial charge in [0.15, 0.2) is 0 Å². The number of carbonyl (C=O) groups excluding carboxylic acids is 2. The Balaban J connectivity index is 1.38. The fraction of sp³-hybridized carbons (Fsp3) is 0.613. The summed E-state index contributed by atoms with van der Waals surface area (Å²) < 4.78 is 23.0. The summed E-state index contributed by atoms with van der Waals surface area (Å²) in [6, 6.07) is 7.55. The molecule has 0 radical (unpaired) electrons. The molecule has 1 heterocycles. The number of hydrogen-bond donors (Lipinski definition) is 0. The molecule has 0 unspecified atom stereocenters. The van der Waals surface area contributed by atoms with E-state index < -0.39 is 17.9 Å². The van der Waals surface area contributed by atoms with Gasteiger partial charge in [-0.15, -0.1) is 0 Å². The lowest BCUT2D eigenvalue weighted by molar-refractivity contribution is -0.162. The Kier molecular flexibility index (Phi) is 8.12. The number of benzene rings is 1. The Morgan fingerprint density at radius 1 is 0.895 bits per heavy atom. The fourth-order valence-electron chi connectivity index (χ4n) is 7.50. The number of nitrogens with zero attached hydrogens (tertiary/aromatic N) is 1. The van der Waals surface area contributed by atoms with Crippen LogP contribution in [-0.2, 0) is 23.8 Å². The smallest absolute Gasteiger partial charge is 0.336 e. The quantitative estimate of drug-likeness (QED) is 0.285. The zero-order valence-corrected chi connectivity index (χ0v) is 22.9. The first-order valence-corrected chi connectivity index (χ1v) is 14.2. The summed E-state index contributed by atoms with van der Waals surface area (Å²) >= 11 is 0. The molecule has 4 saturated carbocycles. The molecular weight excluding hydrogens is 482 g/mol. The molecule has 7 nitrogen and oxygen atoms in total. The van der Waals surface area contributed by atoms with Crippen LogP contribution in [0.5, 0.6) is 5.75 Å². The van der Waals surface area contributed by atoms with Crippen LogP contribution in [0.3, 0.4) is 0 Å². The largest absolute Gasteiger partial charge is 0.493 e. The Morgan fingerprint density at radius 2 is 1.47 bits per heavy atom. The normalized spacial score (nSPS) is 28.1. The molecular formula is C31H41NO6. The second-order valence-corrected chi connectivity index (χ2v) is 11.5. The van der Waals surface area contributed by atoms with Gasteiger partial charge in [0.05, 0.1) is 50.1 Å². The van der Waals surface area contributed by atoms with E-state index in [9.17, 15) is 9.59 Å². The summed E-state index contributed by atoms with van der Waals surface area (Å²) in [6.07, 6.45) is 13.1. The van der Waals surface area contributed by atoms with Crippen molar-refractivity contribution in [3.8, 4) is 5.75 Å². The number of ether oxygens (including phenoxy) is 4. The monoisotopic (exact) mass is 523 g/mol. The molecule has 206 valence electrons. The third kappa shape index (κ3) is 5.49. The lowest BCUT2D eigenvalue weighted by Crippen LogP contribution is -2.52. The van der Waals surface area contributed by atoms with E-state index in [0.29, 0.717) is 36.7 Å². The van der Waals surface area contributed by atoms with Crippen LogP contribution in [0.1, 0.15) is 69.8 Å². The predicted molar refractivity (Wildman–Crippen MR) is 143 cm³/mol. The molecule has 4 bridgehead atoms. The highest BCUT2D eigenvalue weighted by Crippen LogP contribution is 2.57. The van der Waals surface area contributed by atoms with Crippen molar-refractivity contribution in [3.63, 3.8) is 0 Å². The first kappa shape index (κ1) is 26.8. The number of para-hydroxylation sites is 1. The van der Waals surface area contributed by atoms with E-state index >= 15 is 0 Å². The highest BCUT2D eigenvalue weighted by Gasteiger charge is 2.51. The summed E-state index contributed by atoms with van der Waals surface area (Å²) in [5, 5.41) is 0. The van der Waals surface area contributed by atoms with Crippen molar-refractivity contribution < 1.29 is 28.5 Å². The Hall–Kier alpha value is -2.80. The van der Waals surface area contributed by atoms with Crippen molar-refractivity contribution in [2.24, 2.45) is 17.8 Å². The number of unbranched alkanes of at least 4 members (excludes halogenated alkanes) is 1. The average Bonchev–Trinajstić information content (AvgIpc) is 2.91. The molecule has 0 spiro atoms. The van der Waals surface area contributed by atoms with Crippen LogP contribution < -0.4 is 4.74 Å². The summed E-state index contributed by atoms with van der Waals surface area (Å²) in [4.78, 5) is 28.0. The van der Waals surface area contributed by atoms with Crippen molar-refractivity contribution >= 4 is 11.9 Å². The standard InChI is InChI=1S/C31H41NO6/c1-4-5-11-37-27-9-7-6-8-24(27)28-25(29(33)35-2)19-32(20-26(28)30(34)36-3)10-12-38-31-16-21-13-22(17-31)15-23(14-21)18-31/h6-9,19-23,28H,4-5,10-18H2,1-3H3. The zero-order chi connectivity index (χ0) is 26.7. The third-order valence-corrected chi connectivity index (χ3v) is 8.80. The van der Waals surface area contributed by atoms with E-state index in [4.69, 9.17) is 18.9 Å². The fourth-order valence-corrected chi connectivity index (χ4v) is 7.50. The molecule has 4 fully saturated rings. The number of carbonyl (C=O) groups is 2. The van der Waals surface area contributed by atoms with Crippen LogP contribution in [0, 0.1) is 17.8 Å². The molecule has 1 aliphatic heterocycles. The van der Waals surface area contributed by atoms with Crippen molar-refractivity contribution in [2.45, 2.75) is 69.8 Å². The highest BCUT2D eigenvalue weighted by atomic mass is 16.5. The van der Waals surface area contributed by atoms with Gasteiger partial charge in [0.2, 0.25) is 0 Å². The minimum atomic E-state index is -0.659. The van der Waals surface area contributed by atoms with E-state index in [1.165, 1.54) is 52.7 Å². The van der Waals surface area contributed by atoms with Crippen LogP contribution in [0.4, 0.5) is 0 Å². The summed E-state index contributed by atoms with van der Waals surface area (Å²) in [6.45, 7) is 3.73. The molecule has 5 aliphatic rings. The van der Waals surface area contributed by atoms with Crippen LogP contribution in [-0.4, -0.2) is 56.4 Å². The van der Waals surface area contributed by atoms with Gasteiger partial charge in [0, 0.05) is 24.5 Å². The summed E-state index contributed by atoms with van der Waals surface area (Å²) in [5.74, 6) is 1.46. The second kappa shape index (κ2) is 11.5. The molecule has 4 aliphatic carbocycles. The molecule has 0 N–H and O–H groups in total. The number of rotatable bonds is 11. The molecule has 6 rings (SSSR count). The van der Waals surface area contributed by atoms with Gasteiger partial charge < -0.3 is 23.8 Å². The maximum Gasteiger partial charge on any atom is 0.336 e. The van der Waals surface area contributed by atoms with Crippen molar-refractivity contribution in [2.75, 3.05) is 34.0 Å². The zero-order valence-electron chi connectivity index (χ0n) is 22.9. The van der Waals surface area contributed by atoms with Gasteiger partial charge >= 0.3 is 11.9 Å². The molecule has 7 heteroatoms. The highest BCUT2D eigenvalue weighted by molar-refractivity contribution is 5.98. The van der Waals surface area contributed by atoms with Crippen molar-refractivity contribution in [1.29, 1.82) is 0 Å². The SMILES string of the molecule is CCCCOc1ccccc1C1C(C(=O)OC)=CN(CCOC23CC4CC(CC(C4)C2)C3)C=C1C(=O)OC. The van der Waals surface area contributed by atoms with Gasteiger partial charge in [-0.25, -0.2) is 9.59 Å². The maximum atomic E-state index is 13.1. The molecule has 38 heavy (non-hydrogen) atoms. The minimum Gasteiger partial charge on any atom is -0.493 e. The van der Waals surface area contributed by atoms with E-state index in [0.717, 1.165) is 36.2 Å². The average molecular weight is 524 g/mol. The first-order valence-electron chi connectivity index (χ1n) is 14.2. The van der Waals surface area contributed by atoms with Crippen LogP contribution in [0.2, 0.25) is 0 Å². The third-order valence-electron chi connectivity index (χ3n) is 8.80. The number of hydrogen-bond acceptors (Lipinski definition) is 7. The van der Waals surface area contributed by atoms with Crippen LogP contribution >= 0.6 is 0 Å². The topological polar surface area (TPSA) is 74.3 Å². The van der Waals surface area contributed by atoms with Crippen molar-refractivity contribution in [1.82, 2.24) is 4.90 Å². The second-order valence-electron chi connectivity index (χ2n) is 11.5.